The van der Waals surface area contributed by atoms with Gasteiger partial charge in [-0.3, -0.25) is 9.59 Å². The van der Waals surface area contributed by atoms with Crippen LogP contribution in [0.25, 0.3) is 0 Å². The first-order valence-corrected chi connectivity index (χ1v) is 5.99. The molecule has 100 valence electrons. The first-order valence-electron chi connectivity index (χ1n) is 5.99. The van der Waals surface area contributed by atoms with Gasteiger partial charge in [0.15, 0.2) is 0 Å². The van der Waals surface area contributed by atoms with Gasteiger partial charge < -0.3 is 21.5 Å². The molecule has 0 aromatic rings. The van der Waals surface area contributed by atoms with Crippen molar-refractivity contribution in [2.75, 3.05) is 13.6 Å². The molecule has 0 bridgehead atoms. The fourth-order valence-corrected chi connectivity index (χ4v) is 1.67. The van der Waals surface area contributed by atoms with E-state index in [0.717, 1.165) is 0 Å². The van der Waals surface area contributed by atoms with Gasteiger partial charge in [0.05, 0.1) is 0 Å². The van der Waals surface area contributed by atoms with Crippen molar-refractivity contribution in [1.29, 1.82) is 0 Å². The lowest BCUT2D eigenvalue weighted by Gasteiger charge is -2.19. The Bertz CT molecular complexity index is 258. The van der Waals surface area contributed by atoms with Crippen molar-refractivity contribution in [1.82, 2.24) is 10.6 Å². The van der Waals surface area contributed by atoms with Crippen LogP contribution in [0.2, 0.25) is 0 Å². The van der Waals surface area contributed by atoms with Gasteiger partial charge in [-0.15, -0.1) is 0 Å². The maximum absolute atomic E-state index is 11.2. The second-order valence-corrected chi connectivity index (χ2v) is 3.74. The van der Waals surface area contributed by atoms with Crippen molar-refractivity contribution in [2.24, 2.45) is 11.7 Å². The number of carbonyl (C=O) groups excluding carboxylic acids is 2. The van der Waals surface area contributed by atoms with Crippen LogP contribution in [0.4, 0.5) is 0 Å². The van der Waals surface area contributed by atoms with Crippen LogP contribution in [0.15, 0.2) is 0 Å². The average Bonchev–Trinajstić information content (AvgIpc) is 2.75. The van der Waals surface area contributed by atoms with E-state index in [4.69, 9.17) is 5.73 Å². The van der Waals surface area contributed by atoms with Crippen LogP contribution >= 0.6 is 0 Å². The molecule has 0 spiro atoms. The van der Waals surface area contributed by atoms with Crippen LogP contribution in [0.1, 0.15) is 26.7 Å². The zero-order valence-corrected chi connectivity index (χ0v) is 10.7. The lowest BCUT2D eigenvalue weighted by molar-refractivity contribution is -0.131. The second-order valence-electron chi connectivity index (χ2n) is 3.74. The highest BCUT2D eigenvalue weighted by molar-refractivity contribution is 5.82. The van der Waals surface area contributed by atoms with Crippen molar-refractivity contribution in [3.8, 4) is 0 Å². The summed E-state index contributed by atoms with van der Waals surface area (Å²) in [5.41, 5.74) is 5.64. The summed E-state index contributed by atoms with van der Waals surface area (Å²) in [6.07, 6.45) is -0.198. The van der Waals surface area contributed by atoms with Gasteiger partial charge in [0.2, 0.25) is 11.8 Å². The lowest BCUT2D eigenvalue weighted by Crippen LogP contribution is -2.46. The van der Waals surface area contributed by atoms with Gasteiger partial charge in [-0.25, -0.2) is 0 Å². The number of nitrogens with two attached hydrogens (primary N) is 1. The van der Waals surface area contributed by atoms with Gasteiger partial charge in [0.1, 0.15) is 6.10 Å². The summed E-state index contributed by atoms with van der Waals surface area (Å²) in [5.74, 6) is -0.741. The smallest absolute Gasteiger partial charge is 0.250 e. The Morgan fingerprint density at radius 1 is 1.65 bits per heavy atom. The van der Waals surface area contributed by atoms with Gasteiger partial charge in [-0.1, -0.05) is 13.8 Å². The molecule has 1 rings (SSSR count). The van der Waals surface area contributed by atoms with Crippen molar-refractivity contribution >= 4 is 11.8 Å². The molecule has 3 unspecified atom stereocenters. The predicted molar refractivity (Wildman–Crippen MR) is 65.1 cm³/mol. The van der Waals surface area contributed by atoms with E-state index in [2.05, 4.69) is 10.6 Å². The zero-order chi connectivity index (χ0) is 13.4. The first-order chi connectivity index (χ1) is 8.06. The van der Waals surface area contributed by atoms with Crippen LogP contribution in [0.3, 0.4) is 0 Å². The molecule has 0 aliphatic carbocycles. The summed E-state index contributed by atoms with van der Waals surface area (Å²) in [6, 6.07) is -0.696. The zero-order valence-electron chi connectivity index (χ0n) is 10.7. The van der Waals surface area contributed by atoms with Gasteiger partial charge in [-0.05, 0) is 12.8 Å². The SMILES string of the molecule is CC.CNC(=O)C(O)C(N)CC1CCNC1=O. The Kier molecular flexibility index (Phi) is 7.49. The van der Waals surface area contributed by atoms with Crippen LogP contribution in [-0.4, -0.2) is 42.7 Å². The highest BCUT2D eigenvalue weighted by atomic mass is 16.3. The van der Waals surface area contributed by atoms with Crippen LogP contribution < -0.4 is 16.4 Å². The van der Waals surface area contributed by atoms with E-state index in [1.165, 1.54) is 7.05 Å². The quantitative estimate of drug-likeness (QED) is 0.508. The Labute approximate surface area is 102 Å². The molecule has 5 N–H and O–H groups in total. The Hall–Kier alpha value is -1.14. The number of aliphatic hydroxyl groups is 1. The minimum absolute atomic E-state index is 0.0467. The molecule has 6 nitrogen and oxygen atoms in total. The van der Waals surface area contributed by atoms with E-state index in [9.17, 15) is 14.7 Å². The molecule has 3 atom stereocenters. The van der Waals surface area contributed by atoms with Crippen LogP contribution in [0.5, 0.6) is 0 Å². The monoisotopic (exact) mass is 245 g/mol. The second kappa shape index (κ2) is 8.03. The van der Waals surface area contributed by atoms with E-state index < -0.39 is 18.1 Å². The number of hydrogen-bond donors (Lipinski definition) is 4. The highest BCUT2D eigenvalue weighted by Gasteiger charge is 2.30. The fraction of sp³-hybridized carbons (Fsp3) is 0.818. The minimum atomic E-state index is -1.25. The third kappa shape index (κ3) is 4.70. The van der Waals surface area contributed by atoms with Gasteiger partial charge in [-0.2, -0.15) is 0 Å². The standard InChI is InChI=1S/C9H17N3O3.C2H6/c1-11-9(15)7(13)6(10)4-5-2-3-12-8(5)14;1-2/h5-7,13H,2-4,10H2,1H3,(H,11,15)(H,12,14);1-2H3. The predicted octanol–water partition coefficient (Wildman–Crippen LogP) is -1.03. The molecule has 1 saturated heterocycles. The highest BCUT2D eigenvalue weighted by Crippen LogP contribution is 2.16. The molecule has 1 heterocycles. The van der Waals surface area contributed by atoms with Gasteiger partial charge in [0, 0.05) is 25.6 Å². The maximum atomic E-state index is 11.2. The number of amides is 2. The molecule has 0 aromatic carbocycles. The van der Waals surface area contributed by atoms with E-state index in [0.29, 0.717) is 19.4 Å². The van der Waals surface area contributed by atoms with E-state index in [1.807, 2.05) is 13.8 Å². The van der Waals surface area contributed by atoms with Crippen LogP contribution in [-0.2, 0) is 9.59 Å². The van der Waals surface area contributed by atoms with Crippen molar-refractivity contribution < 1.29 is 14.7 Å². The van der Waals surface area contributed by atoms with E-state index >= 15 is 0 Å². The largest absolute Gasteiger partial charge is 0.382 e. The molecule has 1 aliphatic heterocycles. The minimum Gasteiger partial charge on any atom is -0.382 e. The number of carbonyl (C=O) groups is 2. The molecular formula is C11H23N3O3. The van der Waals surface area contributed by atoms with Crippen molar-refractivity contribution in [3.63, 3.8) is 0 Å². The summed E-state index contributed by atoms with van der Waals surface area (Å²) in [6.45, 7) is 4.65. The first kappa shape index (κ1) is 15.9. The number of rotatable bonds is 4. The van der Waals surface area contributed by atoms with Gasteiger partial charge in [0.25, 0.3) is 0 Å². The number of nitrogens with one attached hydrogen (secondary N) is 2. The summed E-state index contributed by atoms with van der Waals surface area (Å²) in [5, 5.41) is 14.5. The number of likely N-dealkylation sites (N-methyl/N-ethyl adjacent to an activating group) is 1. The maximum Gasteiger partial charge on any atom is 0.250 e. The summed E-state index contributed by atoms with van der Waals surface area (Å²) < 4.78 is 0. The average molecular weight is 245 g/mol. The third-order valence-electron chi connectivity index (χ3n) is 2.64. The summed E-state index contributed by atoms with van der Waals surface area (Å²) >= 11 is 0. The Balaban J connectivity index is 0.00000121. The Morgan fingerprint density at radius 3 is 2.65 bits per heavy atom. The molecule has 1 aliphatic rings. The summed E-state index contributed by atoms with van der Waals surface area (Å²) in [4.78, 5) is 22.3. The van der Waals surface area contributed by atoms with Gasteiger partial charge >= 0.3 is 0 Å². The molecule has 6 heteroatoms. The molecule has 1 fully saturated rings. The third-order valence-corrected chi connectivity index (χ3v) is 2.64. The molecule has 0 aromatic heterocycles. The number of aliphatic hydroxyl groups excluding tert-OH is 1. The topological polar surface area (TPSA) is 104 Å². The summed E-state index contributed by atoms with van der Waals surface area (Å²) in [7, 11) is 1.43. The normalized spacial score (nSPS) is 21.9. The molecule has 0 saturated carbocycles. The van der Waals surface area contributed by atoms with E-state index in [-0.39, 0.29) is 11.8 Å². The molecule has 17 heavy (non-hydrogen) atoms. The Morgan fingerprint density at radius 2 is 2.24 bits per heavy atom. The molecular weight excluding hydrogens is 222 g/mol. The number of hydrogen-bond acceptors (Lipinski definition) is 4. The molecule has 2 amide bonds. The molecule has 0 radical (unpaired) electrons. The fourth-order valence-electron chi connectivity index (χ4n) is 1.67. The lowest BCUT2D eigenvalue weighted by atomic mass is 9.95. The van der Waals surface area contributed by atoms with E-state index in [1.54, 1.807) is 0 Å². The van der Waals surface area contributed by atoms with Crippen molar-refractivity contribution in [2.45, 2.75) is 38.8 Å². The van der Waals surface area contributed by atoms with Crippen LogP contribution in [0, 0.1) is 5.92 Å². The van der Waals surface area contributed by atoms with Crippen molar-refractivity contribution in [3.05, 3.63) is 0 Å².